The summed E-state index contributed by atoms with van der Waals surface area (Å²) in [5.74, 6) is 0.0422. The fourth-order valence-electron chi connectivity index (χ4n) is 6.13. The number of hydrogen-bond acceptors (Lipinski definition) is 2. The number of fused-ring (bicyclic) bond motifs is 3. The van der Waals surface area contributed by atoms with Gasteiger partial charge in [0.05, 0.1) is 30.8 Å². The number of amides is 1. The molecule has 5 nitrogen and oxygen atoms in total. The summed E-state index contributed by atoms with van der Waals surface area (Å²) in [5.41, 5.74) is 6.56. The first kappa shape index (κ1) is 23.2. The highest BCUT2D eigenvalue weighted by Gasteiger charge is 2.40. The molecule has 1 aliphatic rings. The van der Waals surface area contributed by atoms with Crippen LogP contribution < -0.4 is 0 Å². The summed E-state index contributed by atoms with van der Waals surface area (Å²) in [5, 5.41) is 1.10. The van der Waals surface area contributed by atoms with Crippen molar-refractivity contribution in [1.29, 1.82) is 0 Å². The molecule has 1 aliphatic heterocycles. The van der Waals surface area contributed by atoms with E-state index in [2.05, 4.69) is 119 Å². The molecule has 0 N–H and O–H groups in total. The van der Waals surface area contributed by atoms with Crippen LogP contribution in [0.4, 0.5) is 0 Å². The first-order valence-corrected chi connectivity index (χ1v) is 13.3. The minimum absolute atomic E-state index is 0.0422. The third-order valence-electron chi connectivity index (χ3n) is 8.01. The van der Waals surface area contributed by atoms with Crippen molar-refractivity contribution in [3.63, 3.8) is 0 Å². The van der Waals surface area contributed by atoms with E-state index in [1.165, 1.54) is 0 Å². The third-order valence-corrected chi connectivity index (χ3v) is 8.01. The molecule has 6 aromatic rings. The number of benzene rings is 4. The lowest BCUT2D eigenvalue weighted by molar-refractivity contribution is 0.0755. The number of hydrogen-bond donors (Lipinski definition) is 0. The number of carbonyl (C=O) groups is 1. The average molecular weight is 509 g/mol. The second-order valence-electron chi connectivity index (χ2n) is 10.1. The predicted molar refractivity (Wildman–Crippen MR) is 153 cm³/mol. The Labute approximate surface area is 227 Å². The van der Waals surface area contributed by atoms with E-state index >= 15 is 0 Å². The van der Waals surface area contributed by atoms with E-state index in [0.29, 0.717) is 13.2 Å². The molecule has 0 aliphatic carbocycles. The van der Waals surface area contributed by atoms with Gasteiger partial charge in [-0.1, -0.05) is 109 Å². The number of para-hydroxylation sites is 1. The monoisotopic (exact) mass is 508 g/mol. The summed E-state index contributed by atoms with van der Waals surface area (Å²) in [7, 11) is 0. The van der Waals surface area contributed by atoms with Crippen molar-refractivity contribution in [2.45, 2.75) is 25.7 Å². The lowest BCUT2D eigenvalue weighted by Gasteiger charge is -2.38. The van der Waals surface area contributed by atoms with Crippen LogP contribution in [-0.2, 0) is 18.8 Å². The molecular weight excluding hydrogens is 480 g/mol. The molecule has 0 saturated heterocycles. The molecule has 0 bridgehead atoms. The highest BCUT2D eigenvalue weighted by Crippen LogP contribution is 2.42. The van der Waals surface area contributed by atoms with Crippen LogP contribution in [0.1, 0.15) is 38.6 Å². The van der Waals surface area contributed by atoms with Gasteiger partial charge in [-0.3, -0.25) is 4.79 Å². The quantitative estimate of drug-likeness (QED) is 0.238. The van der Waals surface area contributed by atoms with Gasteiger partial charge in [0.1, 0.15) is 11.2 Å². The van der Waals surface area contributed by atoms with Crippen molar-refractivity contribution in [3.05, 3.63) is 161 Å². The van der Waals surface area contributed by atoms with Crippen LogP contribution in [-0.4, -0.2) is 24.9 Å². The maximum absolute atomic E-state index is 13.4. The van der Waals surface area contributed by atoms with Gasteiger partial charge in [0.2, 0.25) is 0 Å². The Hall–Kier alpha value is -4.90. The fraction of sp³-hybridized carbons (Fsp3) is 0.118. The highest BCUT2D eigenvalue weighted by molar-refractivity contribution is 6.00. The molecule has 3 heterocycles. The van der Waals surface area contributed by atoms with Crippen LogP contribution >= 0.6 is 0 Å². The molecule has 0 radical (unpaired) electrons. The Morgan fingerprint density at radius 2 is 1.28 bits per heavy atom. The zero-order valence-electron chi connectivity index (χ0n) is 21.7. The molecule has 0 unspecified atom stereocenters. The van der Waals surface area contributed by atoms with E-state index < -0.39 is 5.54 Å². The molecule has 4 aromatic carbocycles. The van der Waals surface area contributed by atoms with E-state index in [4.69, 9.17) is 4.98 Å². The van der Waals surface area contributed by atoms with Crippen molar-refractivity contribution in [2.24, 2.45) is 0 Å². The van der Waals surface area contributed by atoms with E-state index in [1.807, 2.05) is 29.4 Å². The van der Waals surface area contributed by atoms with Crippen LogP contribution in [0, 0.1) is 6.92 Å². The molecule has 190 valence electrons. The number of nitrogens with zero attached hydrogens (tertiary/aromatic N) is 4. The van der Waals surface area contributed by atoms with Gasteiger partial charge in [-0.15, -0.1) is 0 Å². The van der Waals surface area contributed by atoms with Gasteiger partial charge in [0.25, 0.3) is 5.91 Å². The second kappa shape index (κ2) is 9.14. The maximum Gasteiger partial charge on any atom is 0.272 e. The van der Waals surface area contributed by atoms with Crippen molar-refractivity contribution in [1.82, 2.24) is 19.0 Å². The Morgan fingerprint density at radius 1 is 0.744 bits per heavy atom. The zero-order valence-corrected chi connectivity index (χ0v) is 21.7. The van der Waals surface area contributed by atoms with Crippen LogP contribution in [0.5, 0.6) is 0 Å². The Morgan fingerprint density at radius 3 is 1.87 bits per heavy atom. The van der Waals surface area contributed by atoms with Crippen LogP contribution in [0.2, 0.25) is 0 Å². The van der Waals surface area contributed by atoms with Crippen LogP contribution in [0.25, 0.3) is 10.9 Å². The Bertz CT molecular complexity index is 1690. The van der Waals surface area contributed by atoms with Gasteiger partial charge in [-0.05, 0) is 35.7 Å². The summed E-state index contributed by atoms with van der Waals surface area (Å²) in [4.78, 5) is 20.2. The molecule has 5 heteroatoms. The third kappa shape index (κ3) is 3.54. The lowest BCUT2D eigenvalue weighted by atomic mass is 9.76. The second-order valence-corrected chi connectivity index (χ2v) is 10.1. The molecule has 0 atom stereocenters. The smallest absolute Gasteiger partial charge is 0.272 e. The van der Waals surface area contributed by atoms with Gasteiger partial charge in [-0.25, -0.2) is 4.98 Å². The topological polar surface area (TPSA) is 43.1 Å². The maximum atomic E-state index is 13.4. The summed E-state index contributed by atoms with van der Waals surface area (Å²) in [6, 6.07) is 41.9. The number of imidazole rings is 1. The van der Waals surface area contributed by atoms with Crippen LogP contribution in [0.15, 0.2) is 128 Å². The predicted octanol–water partition coefficient (Wildman–Crippen LogP) is 6.60. The van der Waals surface area contributed by atoms with Crippen molar-refractivity contribution in [3.8, 4) is 0 Å². The molecule has 0 saturated carbocycles. The molecule has 7 rings (SSSR count). The van der Waals surface area contributed by atoms with Gasteiger partial charge in [0.15, 0.2) is 0 Å². The van der Waals surface area contributed by atoms with E-state index in [-0.39, 0.29) is 5.91 Å². The van der Waals surface area contributed by atoms with Crippen molar-refractivity contribution >= 4 is 16.8 Å². The van der Waals surface area contributed by atoms with Crippen molar-refractivity contribution in [2.75, 3.05) is 0 Å². The first-order chi connectivity index (χ1) is 19.2. The van der Waals surface area contributed by atoms with Gasteiger partial charge >= 0.3 is 0 Å². The summed E-state index contributed by atoms with van der Waals surface area (Å²) >= 11 is 0. The summed E-state index contributed by atoms with van der Waals surface area (Å²) in [6.07, 6.45) is 1.94. The Balaban J connectivity index is 1.35. The normalized spacial score (nSPS) is 13.3. The zero-order chi connectivity index (χ0) is 26.4. The fourth-order valence-corrected chi connectivity index (χ4v) is 6.13. The summed E-state index contributed by atoms with van der Waals surface area (Å²) < 4.78 is 4.38. The molecule has 2 aromatic heterocycles. The highest BCUT2D eigenvalue weighted by atomic mass is 16.2. The SMILES string of the molecule is Cc1c(CN2Cn3c(cc4ccccc43)C2=O)ncn1C(c1ccccc1)(c1ccccc1)c1ccccc1. The minimum atomic E-state index is -0.629. The first-order valence-electron chi connectivity index (χ1n) is 13.3. The average Bonchev–Trinajstić information content (AvgIpc) is 3.64. The minimum Gasteiger partial charge on any atom is -0.318 e. The van der Waals surface area contributed by atoms with Gasteiger partial charge in [-0.2, -0.15) is 0 Å². The lowest BCUT2D eigenvalue weighted by Crippen LogP contribution is -2.38. The van der Waals surface area contributed by atoms with E-state index in [9.17, 15) is 4.79 Å². The molecular formula is C34H28N4O. The molecule has 39 heavy (non-hydrogen) atoms. The van der Waals surface area contributed by atoms with Gasteiger partial charge < -0.3 is 14.0 Å². The molecule has 1 amide bonds. The molecule has 0 fully saturated rings. The van der Waals surface area contributed by atoms with E-state index in [1.54, 1.807) is 0 Å². The largest absolute Gasteiger partial charge is 0.318 e. The summed E-state index contributed by atoms with van der Waals surface area (Å²) in [6.45, 7) is 3.08. The van der Waals surface area contributed by atoms with E-state index in [0.717, 1.165) is 44.7 Å². The number of carbonyl (C=O) groups excluding carboxylic acids is 1. The number of rotatable bonds is 6. The molecule has 0 spiro atoms. The Kier molecular flexibility index (Phi) is 5.44. The van der Waals surface area contributed by atoms with Crippen molar-refractivity contribution < 1.29 is 4.79 Å². The number of aromatic nitrogens is 3. The van der Waals surface area contributed by atoms with Gasteiger partial charge in [0, 0.05) is 11.1 Å². The van der Waals surface area contributed by atoms with Crippen LogP contribution in [0.3, 0.4) is 0 Å². The standard InChI is InChI=1S/C34H28N4O/c1-25-30(22-36-24-37-31-20-12-11-13-26(31)21-32(37)33(36)39)35-23-38(25)34(27-14-5-2-6-15-27,28-16-7-3-8-17-28)29-18-9-4-10-19-29/h2-21,23H,22,24H2,1H3.